The summed E-state index contributed by atoms with van der Waals surface area (Å²) < 4.78 is 7.43. The standard InChI is InChI=1S/C27H30N6O2/c1-18-9-11-22(12-10-18)25-29-26(35-30-25)21(4)31-13-15-32(16-14-31)27(34)23-17-28-33(20(23)3)24-8-6-5-7-19(24)2/h5-12,17,21H,13-16H2,1-4H3. The molecule has 0 radical (unpaired) electrons. The van der Waals surface area contributed by atoms with Crippen LogP contribution in [0, 0.1) is 20.8 Å². The molecule has 0 spiro atoms. The molecule has 3 heterocycles. The molecular weight excluding hydrogens is 440 g/mol. The molecule has 1 aliphatic rings. The molecule has 180 valence electrons. The third kappa shape index (κ3) is 4.49. The first kappa shape index (κ1) is 23.0. The minimum Gasteiger partial charge on any atom is -0.337 e. The Labute approximate surface area is 205 Å². The van der Waals surface area contributed by atoms with E-state index in [0.29, 0.717) is 30.4 Å². The highest BCUT2D eigenvalue weighted by molar-refractivity contribution is 5.95. The number of benzene rings is 2. The Kier molecular flexibility index (Phi) is 6.21. The highest BCUT2D eigenvalue weighted by Crippen LogP contribution is 2.25. The van der Waals surface area contributed by atoms with Crippen LogP contribution in [0.25, 0.3) is 17.1 Å². The van der Waals surface area contributed by atoms with Crippen LogP contribution < -0.4 is 0 Å². The summed E-state index contributed by atoms with van der Waals surface area (Å²) in [7, 11) is 0. The predicted octanol–water partition coefficient (Wildman–Crippen LogP) is 4.37. The second-order valence-corrected chi connectivity index (χ2v) is 9.17. The number of carbonyl (C=O) groups is 1. The molecule has 2 aromatic heterocycles. The molecular formula is C27H30N6O2. The summed E-state index contributed by atoms with van der Waals surface area (Å²) in [6.07, 6.45) is 1.68. The van der Waals surface area contributed by atoms with Gasteiger partial charge in [-0.05, 0) is 39.3 Å². The zero-order valence-corrected chi connectivity index (χ0v) is 20.6. The van der Waals surface area contributed by atoms with Crippen molar-refractivity contribution in [2.24, 2.45) is 0 Å². The number of aryl methyl sites for hydroxylation is 2. The number of hydrogen-bond donors (Lipinski definition) is 0. The van der Waals surface area contributed by atoms with Gasteiger partial charge in [-0.15, -0.1) is 0 Å². The van der Waals surface area contributed by atoms with Crippen molar-refractivity contribution in [3.05, 3.63) is 83.0 Å². The average Bonchev–Trinajstić information content (AvgIpc) is 3.51. The molecule has 1 unspecified atom stereocenters. The van der Waals surface area contributed by atoms with Crippen LogP contribution >= 0.6 is 0 Å². The molecule has 1 atom stereocenters. The minimum absolute atomic E-state index is 0.0223. The fourth-order valence-electron chi connectivity index (χ4n) is 4.53. The normalized spacial score (nSPS) is 15.4. The van der Waals surface area contributed by atoms with Crippen LogP contribution in [0.3, 0.4) is 0 Å². The van der Waals surface area contributed by atoms with Crippen molar-refractivity contribution < 1.29 is 9.32 Å². The topological polar surface area (TPSA) is 80.3 Å². The lowest BCUT2D eigenvalue weighted by Gasteiger charge is -2.36. The maximum Gasteiger partial charge on any atom is 0.257 e. The van der Waals surface area contributed by atoms with Gasteiger partial charge in [0.2, 0.25) is 11.7 Å². The Hall–Kier alpha value is -3.78. The number of amides is 1. The Bertz CT molecular complexity index is 1330. The third-order valence-corrected chi connectivity index (χ3v) is 6.84. The summed E-state index contributed by atoms with van der Waals surface area (Å²) in [4.78, 5) is 22.1. The molecule has 5 rings (SSSR count). The van der Waals surface area contributed by atoms with Crippen molar-refractivity contribution in [2.75, 3.05) is 26.2 Å². The van der Waals surface area contributed by atoms with E-state index < -0.39 is 0 Å². The van der Waals surface area contributed by atoms with Gasteiger partial charge in [0.1, 0.15) is 0 Å². The lowest BCUT2D eigenvalue weighted by Crippen LogP contribution is -2.49. The van der Waals surface area contributed by atoms with Gasteiger partial charge in [-0.3, -0.25) is 9.69 Å². The lowest BCUT2D eigenvalue weighted by molar-refractivity contribution is 0.0551. The highest BCUT2D eigenvalue weighted by Gasteiger charge is 2.29. The van der Waals surface area contributed by atoms with Crippen molar-refractivity contribution in [3.63, 3.8) is 0 Å². The monoisotopic (exact) mass is 470 g/mol. The van der Waals surface area contributed by atoms with Gasteiger partial charge in [0.25, 0.3) is 5.91 Å². The molecule has 0 bridgehead atoms. The van der Waals surface area contributed by atoms with Crippen LogP contribution in [0.2, 0.25) is 0 Å². The molecule has 2 aromatic carbocycles. The van der Waals surface area contributed by atoms with Crippen molar-refractivity contribution in [3.8, 4) is 17.1 Å². The Morgan fingerprint density at radius 1 is 0.971 bits per heavy atom. The summed E-state index contributed by atoms with van der Waals surface area (Å²) in [5.74, 6) is 1.21. The molecule has 0 aliphatic carbocycles. The van der Waals surface area contributed by atoms with Crippen LogP contribution in [0.5, 0.6) is 0 Å². The quantitative estimate of drug-likeness (QED) is 0.431. The summed E-state index contributed by atoms with van der Waals surface area (Å²) in [6.45, 7) is 10.9. The van der Waals surface area contributed by atoms with Gasteiger partial charge in [-0.25, -0.2) is 4.68 Å². The maximum atomic E-state index is 13.3. The number of aromatic nitrogens is 4. The van der Waals surface area contributed by atoms with Gasteiger partial charge in [0.05, 0.1) is 29.2 Å². The van der Waals surface area contributed by atoms with Gasteiger partial charge in [0, 0.05) is 31.7 Å². The minimum atomic E-state index is -0.0236. The molecule has 1 amide bonds. The summed E-state index contributed by atoms with van der Waals surface area (Å²) >= 11 is 0. The van der Waals surface area contributed by atoms with Gasteiger partial charge < -0.3 is 9.42 Å². The Morgan fingerprint density at radius 3 is 2.40 bits per heavy atom. The van der Waals surface area contributed by atoms with Crippen LogP contribution in [0.4, 0.5) is 0 Å². The van der Waals surface area contributed by atoms with Gasteiger partial charge in [-0.2, -0.15) is 10.1 Å². The van der Waals surface area contributed by atoms with Crippen molar-refractivity contribution >= 4 is 5.91 Å². The van der Waals surface area contributed by atoms with E-state index in [1.165, 1.54) is 5.56 Å². The maximum absolute atomic E-state index is 13.3. The number of hydrogen-bond acceptors (Lipinski definition) is 6. The van der Waals surface area contributed by atoms with Crippen molar-refractivity contribution in [1.29, 1.82) is 0 Å². The molecule has 0 N–H and O–H groups in total. The van der Waals surface area contributed by atoms with E-state index in [4.69, 9.17) is 4.52 Å². The predicted molar refractivity (Wildman–Crippen MR) is 133 cm³/mol. The first-order chi connectivity index (χ1) is 16.9. The fourth-order valence-corrected chi connectivity index (χ4v) is 4.53. The smallest absolute Gasteiger partial charge is 0.257 e. The van der Waals surface area contributed by atoms with E-state index in [2.05, 4.69) is 34.0 Å². The third-order valence-electron chi connectivity index (χ3n) is 6.84. The van der Waals surface area contributed by atoms with Gasteiger partial charge >= 0.3 is 0 Å². The number of piperazine rings is 1. The molecule has 1 saturated heterocycles. The first-order valence-electron chi connectivity index (χ1n) is 12.0. The summed E-state index contributed by atoms with van der Waals surface area (Å²) in [6, 6.07) is 16.1. The molecule has 1 aliphatic heterocycles. The summed E-state index contributed by atoms with van der Waals surface area (Å²) in [5.41, 5.74) is 5.74. The lowest BCUT2D eigenvalue weighted by atomic mass is 10.1. The van der Waals surface area contributed by atoms with Crippen LogP contribution in [-0.2, 0) is 0 Å². The fraction of sp³-hybridized carbons (Fsp3) is 0.333. The molecule has 8 nitrogen and oxygen atoms in total. The van der Waals surface area contributed by atoms with E-state index in [-0.39, 0.29) is 11.9 Å². The van der Waals surface area contributed by atoms with E-state index in [9.17, 15) is 4.79 Å². The van der Waals surface area contributed by atoms with Gasteiger partial charge in [0.15, 0.2) is 0 Å². The van der Waals surface area contributed by atoms with E-state index in [0.717, 1.165) is 35.6 Å². The van der Waals surface area contributed by atoms with Crippen LogP contribution in [-0.4, -0.2) is 61.8 Å². The molecule has 1 fully saturated rings. The Morgan fingerprint density at radius 2 is 1.69 bits per heavy atom. The number of para-hydroxylation sites is 1. The van der Waals surface area contributed by atoms with E-state index >= 15 is 0 Å². The van der Waals surface area contributed by atoms with Gasteiger partial charge in [-0.1, -0.05) is 53.2 Å². The largest absolute Gasteiger partial charge is 0.337 e. The van der Waals surface area contributed by atoms with Crippen molar-refractivity contribution in [2.45, 2.75) is 33.7 Å². The van der Waals surface area contributed by atoms with E-state index in [1.807, 2.05) is 72.0 Å². The first-order valence-corrected chi connectivity index (χ1v) is 12.0. The number of nitrogens with zero attached hydrogens (tertiary/aromatic N) is 6. The molecule has 4 aromatic rings. The second kappa shape index (κ2) is 9.46. The van der Waals surface area contributed by atoms with Crippen LogP contribution in [0.1, 0.15) is 46.0 Å². The SMILES string of the molecule is Cc1ccc(-c2noc(C(C)N3CCN(C(=O)c4cnn(-c5ccccc5C)c4C)CC3)n2)cc1. The molecule has 35 heavy (non-hydrogen) atoms. The Balaban J connectivity index is 1.23. The van der Waals surface area contributed by atoms with E-state index in [1.54, 1.807) is 6.20 Å². The second-order valence-electron chi connectivity index (χ2n) is 9.17. The zero-order valence-electron chi connectivity index (χ0n) is 20.6. The summed E-state index contributed by atoms with van der Waals surface area (Å²) in [5, 5.41) is 8.68. The average molecular weight is 471 g/mol. The number of carbonyl (C=O) groups excluding carboxylic acids is 1. The number of rotatable bonds is 5. The molecule has 0 saturated carbocycles. The highest BCUT2D eigenvalue weighted by atomic mass is 16.5. The zero-order chi connectivity index (χ0) is 24.5. The van der Waals surface area contributed by atoms with Crippen molar-refractivity contribution in [1.82, 2.24) is 29.7 Å². The van der Waals surface area contributed by atoms with Crippen LogP contribution in [0.15, 0.2) is 59.3 Å². The molecule has 8 heteroatoms.